The first-order valence-corrected chi connectivity index (χ1v) is 12.4. The molecular formula is C20H40S3. The Bertz CT molecular complexity index is 247. The third-order valence-corrected chi connectivity index (χ3v) is 7.94. The van der Waals surface area contributed by atoms with E-state index in [0.717, 1.165) is 0 Å². The van der Waals surface area contributed by atoms with Crippen LogP contribution in [0.15, 0.2) is 0 Å². The summed E-state index contributed by atoms with van der Waals surface area (Å²) in [5, 5.41) is 2.04. The second-order valence-corrected chi connectivity index (χ2v) is 10.1. The Morgan fingerprint density at radius 3 is 1.39 bits per heavy atom. The number of unbranched alkanes of at least 4 members (excludes halogenated alkanes) is 11. The minimum absolute atomic E-state index is 0.206. The van der Waals surface area contributed by atoms with E-state index in [2.05, 4.69) is 20.8 Å². The molecular weight excluding hydrogens is 336 g/mol. The topological polar surface area (TPSA) is 0 Å². The molecule has 0 atom stereocenters. The highest BCUT2D eigenvalue weighted by Gasteiger charge is 2.26. The van der Waals surface area contributed by atoms with E-state index in [1.165, 1.54) is 95.0 Å². The van der Waals surface area contributed by atoms with Gasteiger partial charge in [-0.3, -0.25) is 0 Å². The molecule has 0 aromatic heterocycles. The van der Waals surface area contributed by atoms with Crippen LogP contribution in [0.1, 0.15) is 104 Å². The summed E-state index contributed by atoms with van der Waals surface area (Å²) in [4.78, 5) is 0. The van der Waals surface area contributed by atoms with Crippen LogP contribution in [0, 0.1) is 0 Å². The Morgan fingerprint density at radius 2 is 1.04 bits per heavy atom. The number of hydrogen-bond acceptors (Lipinski definition) is 3. The first-order valence-electron chi connectivity index (χ1n) is 9.98. The number of thiocarbonyl (C=S) groups is 1. The molecule has 0 heterocycles. The lowest BCUT2D eigenvalue weighted by Gasteiger charge is -2.27. The largest absolute Gasteiger partial charge is 0.139 e. The molecule has 0 saturated carbocycles. The van der Waals surface area contributed by atoms with Crippen molar-refractivity contribution in [3.05, 3.63) is 0 Å². The summed E-state index contributed by atoms with van der Waals surface area (Å²) < 4.78 is 0.206. The standard InChI is InChI=1S/C20H40S3/c1-4-7-8-9-10-11-12-13-14-15-16-17-18-20(19-21,22-5-2)23-6-3/h19H,4-18H2,1-3H3. The summed E-state index contributed by atoms with van der Waals surface area (Å²) in [6.45, 7) is 6.78. The zero-order valence-electron chi connectivity index (χ0n) is 15.9. The highest BCUT2D eigenvalue weighted by Crippen LogP contribution is 2.40. The SMILES string of the molecule is CCCCCCCCCCCCCCC(C=S)(SCC)SCC. The van der Waals surface area contributed by atoms with E-state index in [1.807, 2.05) is 28.9 Å². The Hall–Kier alpha value is 0.790. The fourth-order valence-corrected chi connectivity index (χ4v) is 6.27. The van der Waals surface area contributed by atoms with Gasteiger partial charge in [-0.05, 0) is 17.9 Å². The normalized spacial score (nSPS) is 11.8. The van der Waals surface area contributed by atoms with E-state index in [9.17, 15) is 0 Å². The van der Waals surface area contributed by atoms with Gasteiger partial charge in [0.05, 0.1) is 4.08 Å². The van der Waals surface area contributed by atoms with Crippen molar-refractivity contribution in [1.82, 2.24) is 0 Å². The minimum atomic E-state index is 0.206. The molecule has 0 aromatic rings. The molecule has 0 aliphatic rings. The summed E-state index contributed by atoms with van der Waals surface area (Å²) in [7, 11) is 0. The van der Waals surface area contributed by atoms with Gasteiger partial charge >= 0.3 is 0 Å². The van der Waals surface area contributed by atoms with Crippen molar-refractivity contribution in [1.29, 1.82) is 0 Å². The van der Waals surface area contributed by atoms with Crippen LogP contribution in [-0.2, 0) is 0 Å². The second kappa shape index (κ2) is 17.6. The Labute approximate surface area is 160 Å². The fraction of sp³-hybridized carbons (Fsp3) is 0.950. The van der Waals surface area contributed by atoms with Crippen molar-refractivity contribution in [3.63, 3.8) is 0 Å². The third-order valence-electron chi connectivity index (χ3n) is 4.34. The second-order valence-electron chi connectivity index (χ2n) is 6.43. The van der Waals surface area contributed by atoms with Crippen molar-refractivity contribution < 1.29 is 0 Å². The Morgan fingerprint density at radius 1 is 0.652 bits per heavy atom. The molecule has 0 amide bonds. The maximum absolute atomic E-state index is 5.34. The predicted octanol–water partition coefficient (Wildman–Crippen LogP) is 8.28. The van der Waals surface area contributed by atoms with Gasteiger partial charge in [-0.1, -0.05) is 110 Å². The first-order chi connectivity index (χ1) is 11.2. The molecule has 3 heteroatoms. The summed E-state index contributed by atoms with van der Waals surface area (Å²) >= 11 is 9.41. The average Bonchev–Trinajstić information content (AvgIpc) is 2.56. The molecule has 0 nitrogen and oxygen atoms in total. The maximum Gasteiger partial charge on any atom is 0.0892 e. The van der Waals surface area contributed by atoms with Gasteiger partial charge in [0.1, 0.15) is 0 Å². The van der Waals surface area contributed by atoms with Crippen molar-refractivity contribution in [3.8, 4) is 0 Å². The van der Waals surface area contributed by atoms with E-state index >= 15 is 0 Å². The summed E-state index contributed by atoms with van der Waals surface area (Å²) in [5.41, 5.74) is 0. The molecule has 0 aliphatic carbocycles. The van der Waals surface area contributed by atoms with Crippen LogP contribution in [0.3, 0.4) is 0 Å². The zero-order chi connectivity index (χ0) is 17.2. The van der Waals surface area contributed by atoms with Crippen LogP contribution >= 0.6 is 35.7 Å². The lowest BCUT2D eigenvalue weighted by atomic mass is 10.0. The van der Waals surface area contributed by atoms with Crippen LogP contribution in [0.25, 0.3) is 0 Å². The van der Waals surface area contributed by atoms with Crippen molar-refractivity contribution >= 4 is 41.1 Å². The third kappa shape index (κ3) is 13.7. The van der Waals surface area contributed by atoms with Crippen molar-refractivity contribution in [2.75, 3.05) is 11.5 Å². The molecule has 0 fully saturated rings. The minimum Gasteiger partial charge on any atom is -0.139 e. The summed E-state index contributed by atoms with van der Waals surface area (Å²) in [5.74, 6) is 2.33. The van der Waals surface area contributed by atoms with E-state index in [-0.39, 0.29) is 4.08 Å². The van der Waals surface area contributed by atoms with Gasteiger partial charge in [-0.25, -0.2) is 0 Å². The van der Waals surface area contributed by atoms with Gasteiger partial charge in [0.15, 0.2) is 0 Å². The molecule has 0 radical (unpaired) electrons. The average molecular weight is 377 g/mol. The van der Waals surface area contributed by atoms with Gasteiger partial charge < -0.3 is 0 Å². The molecule has 0 N–H and O–H groups in total. The van der Waals surface area contributed by atoms with Crippen LogP contribution in [0.4, 0.5) is 0 Å². The van der Waals surface area contributed by atoms with Crippen molar-refractivity contribution in [2.45, 2.75) is 108 Å². The molecule has 0 rings (SSSR count). The van der Waals surface area contributed by atoms with Crippen LogP contribution < -0.4 is 0 Å². The van der Waals surface area contributed by atoms with Crippen LogP contribution in [0.5, 0.6) is 0 Å². The molecule has 0 saturated heterocycles. The predicted molar refractivity (Wildman–Crippen MR) is 118 cm³/mol. The first kappa shape index (κ1) is 23.8. The van der Waals surface area contributed by atoms with Crippen LogP contribution in [-0.4, -0.2) is 21.0 Å². The van der Waals surface area contributed by atoms with Gasteiger partial charge in [0.25, 0.3) is 0 Å². The highest BCUT2D eigenvalue weighted by molar-refractivity contribution is 8.20. The lowest BCUT2D eigenvalue weighted by Crippen LogP contribution is -2.22. The number of rotatable bonds is 18. The smallest absolute Gasteiger partial charge is 0.0892 e. The lowest BCUT2D eigenvalue weighted by molar-refractivity contribution is 0.540. The van der Waals surface area contributed by atoms with Gasteiger partial charge in [0, 0.05) is 5.37 Å². The monoisotopic (exact) mass is 376 g/mol. The molecule has 0 spiro atoms. The zero-order valence-corrected chi connectivity index (χ0v) is 18.4. The Balaban J connectivity index is 3.51. The van der Waals surface area contributed by atoms with Crippen LogP contribution in [0.2, 0.25) is 0 Å². The van der Waals surface area contributed by atoms with E-state index < -0.39 is 0 Å². The molecule has 0 aliphatic heterocycles. The van der Waals surface area contributed by atoms with Gasteiger partial charge in [-0.2, -0.15) is 0 Å². The van der Waals surface area contributed by atoms with E-state index in [0.29, 0.717) is 0 Å². The molecule has 0 aromatic carbocycles. The number of thioether (sulfide) groups is 2. The quantitative estimate of drug-likeness (QED) is 0.134. The van der Waals surface area contributed by atoms with E-state index in [4.69, 9.17) is 12.2 Å². The molecule has 0 bridgehead atoms. The summed E-state index contributed by atoms with van der Waals surface area (Å²) in [6.07, 6.45) is 18.3. The fourth-order valence-electron chi connectivity index (χ4n) is 3.01. The number of hydrogen-bond donors (Lipinski definition) is 0. The van der Waals surface area contributed by atoms with E-state index in [1.54, 1.807) is 0 Å². The summed E-state index contributed by atoms with van der Waals surface area (Å²) in [6, 6.07) is 0. The van der Waals surface area contributed by atoms with Gasteiger partial charge in [-0.15, -0.1) is 23.5 Å². The molecule has 138 valence electrons. The molecule has 23 heavy (non-hydrogen) atoms. The Kier molecular flexibility index (Phi) is 18.2. The van der Waals surface area contributed by atoms with Gasteiger partial charge in [0.2, 0.25) is 0 Å². The maximum atomic E-state index is 5.34. The molecule has 0 unspecified atom stereocenters. The highest BCUT2D eigenvalue weighted by atomic mass is 32.2. The van der Waals surface area contributed by atoms with Crippen molar-refractivity contribution in [2.24, 2.45) is 0 Å².